The normalized spacial score (nSPS) is 10.1. The standard InChI is InChI=1S/C12H10FN/c1-9-2-3-11(8-14-9)10-4-6-12(13)7-5-10/h2-8H,1H3. The molecule has 0 atom stereocenters. The number of benzene rings is 1. The van der Waals surface area contributed by atoms with Gasteiger partial charge in [-0.15, -0.1) is 0 Å². The molecule has 2 heteroatoms. The third-order valence-electron chi connectivity index (χ3n) is 2.09. The molecule has 0 spiro atoms. The van der Waals surface area contributed by atoms with Crippen LogP contribution in [0.1, 0.15) is 5.69 Å². The maximum atomic E-state index is 12.7. The van der Waals surface area contributed by atoms with Gasteiger partial charge >= 0.3 is 0 Å². The summed E-state index contributed by atoms with van der Waals surface area (Å²) in [5.74, 6) is -0.214. The van der Waals surface area contributed by atoms with Gasteiger partial charge in [0.15, 0.2) is 0 Å². The maximum Gasteiger partial charge on any atom is 0.123 e. The molecule has 0 saturated heterocycles. The van der Waals surface area contributed by atoms with Crippen LogP contribution >= 0.6 is 0 Å². The summed E-state index contributed by atoms with van der Waals surface area (Å²) < 4.78 is 12.7. The predicted octanol–water partition coefficient (Wildman–Crippen LogP) is 3.20. The SMILES string of the molecule is Cc1ccc(-c2ccc(F)cc2)cn1. The first-order valence-corrected chi connectivity index (χ1v) is 4.44. The maximum absolute atomic E-state index is 12.7. The zero-order valence-electron chi connectivity index (χ0n) is 7.87. The highest BCUT2D eigenvalue weighted by Gasteiger charge is 1.97. The Morgan fingerprint density at radius 1 is 0.929 bits per heavy atom. The van der Waals surface area contributed by atoms with E-state index in [9.17, 15) is 4.39 Å². The summed E-state index contributed by atoms with van der Waals surface area (Å²) in [4.78, 5) is 4.18. The van der Waals surface area contributed by atoms with Gasteiger partial charge in [-0.2, -0.15) is 0 Å². The zero-order chi connectivity index (χ0) is 9.97. The van der Waals surface area contributed by atoms with E-state index in [2.05, 4.69) is 4.98 Å². The van der Waals surface area contributed by atoms with Crippen molar-refractivity contribution in [3.63, 3.8) is 0 Å². The van der Waals surface area contributed by atoms with E-state index < -0.39 is 0 Å². The summed E-state index contributed by atoms with van der Waals surface area (Å²) in [7, 11) is 0. The fourth-order valence-electron chi connectivity index (χ4n) is 1.28. The largest absolute Gasteiger partial charge is 0.261 e. The average Bonchev–Trinajstić information content (AvgIpc) is 2.21. The van der Waals surface area contributed by atoms with E-state index in [1.54, 1.807) is 18.3 Å². The third kappa shape index (κ3) is 1.79. The van der Waals surface area contributed by atoms with Crippen molar-refractivity contribution in [2.45, 2.75) is 6.92 Å². The first-order valence-electron chi connectivity index (χ1n) is 4.44. The fourth-order valence-corrected chi connectivity index (χ4v) is 1.28. The summed E-state index contributed by atoms with van der Waals surface area (Å²) in [5, 5.41) is 0. The molecule has 0 unspecified atom stereocenters. The molecule has 1 heterocycles. The molecule has 1 nitrogen and oxygen atoms in total. The highest BCUT2D eigenvalue weighted by molar-refractivity contribution is 5.62. The Morgan fingerprint density at radius 2 is 1.57 bits per heavy atom. The van der Waals surface area contributed by atoms with Crippen molar-refractivity contribution in [1.82, 2.24) is 4.98 Å². The Bertz CT molecular complexity index is 374. The van der Waals surface area contributed by atoms with Crippen molar-refractivity contribution in [2.24, 2.45) is 0 Å². The van der Waals surface area contributed by atoms with Crippen LogP contribution in [0.4, 0.5) is 4.39 Å². The number of rotatable bonds is 1. The predicted molar refractivity (Wildman–Crippen MR) is 54.4 cm³/mol. The number of aryl methyl sites for hydroxylation is 1. The van der Waals surface area contributed by atoms with Crippen LogP contribution in [-0.2, 0) is 0 Å². The van der Waals surface area contributed by atoms with E-state index in [0.717, 1.165) is 16.8 Å². The summed E-state index contributed by atoms with van der Waals surface area (Å²) >= 11 is 0. The Balaban J connectivity index is 2.40. The van der Waals surface area contributed by atoms with E-state index in [4.69, 9.17) is 0 Å². The van der Waals surface area contributed by atoms with Crippen molar-refractivity contribution in [1.29, 1.82) is 0 Å². The van der Waals surface area contributed by atoms with Crippen molar-refractivity contribution in [3.8, 4) is 11.1 Å². The lowest BCUT2D eigenvalue weighted by Crippen LogP contribution is -1.83. The molecule has 0 aliphatic carbocycles. The molecule has 0 saturated carbocycles. The van der Waals surface area contributed by atoms with Crippen LogP contribution in [0.3, 0.4) is 0 Å². The third-order valence-corrected chi connectivity index (χ3v) is 2.09. The lowest BCUT2D eigenvalue weighted by molar-refractivity contribution is 0.628. The second-order valence-electron chi connectivity index (χ2n) is 3.20. The van der Waals surface area contributed by atoms with Gasteiger partial charge in [0.1, 0.15) is 5.82 Å². The minimum absolute atomic E-state index is 0.214. The van der Waals surface area contributed by atoms with Gasteiger partial charge in [0.05, 0.1) is 0 Å². The molecule has 1 aromatic carbocycles. The molecule has 2 rings (SSSR count). The molecule has 0 aliphatic heterocycles. The highest BCUT2D eigenvalue weighted by atomic mass is 19.1. The van der Waals surface area contributed by atoms with Crippen LogP contribution in [0.2, 0.25) is 0 Å². The molecular formula is C12H10FN. The molecule has 1 aromatic heterocycles. The van der Waals surface area contributed by atoms with Gasteiger partial charge in [-0.3, -0.25) is 4.98 Å². The van der Waals surface area contributed by atoms with Gasteiger partial charge in [-0.1, -0.05) is 18.2 Å². The quantitative estimate of drug-likeness (QED) is 0.668. The lowest BCUT2D eigenvalue weighted by atomic mass is 10.1. The molecule has 0 radical (unpaired) electrons. The fraction of sp³-hybridized carbons (Fsp3) is 0.0833. The van der Waals surface area contributed by atoms with Crippen molar-refractivity contribution >= 4 is 0 Å². The molecule has 70 valence electrons. The number of nitrogens with zero attached hydrogens (tertiary/aromatic N) is 1. The number of halogens is 1. The smallest absolute Gasteiger partial charge is 0.123 e. The van der Waals surface area contributed by atoms with Gasteiger partial charge in [0, 0.05) is 17.5 Å². The van der Waals surface area contributed by atoms with E-state index >= 15 is 0 Å². The lowest BCUT2D eigenvalue weighted by Gasteiger charge is -2.00. The summed E-state index contributed by atoms with van der Waals surface area (Å²) in [6.45, 7) is 1.94. The Hall–Kier alpha value is -1.70. The first-order chi connectivity index (χ1) is 6.75. The van der Waals surface area contributed by atoms with Gasteiger partial charge in [0.2, 0.25) is 0 Å². The molecule has 14 heavy (non-hydrogen) atoms. The highest BCUT2D eigenvalue weighted by Crippen LogP contribution is 2.18. The summed E-state index contributed by atoms with van der Waals surface area (Å²) in [5.41, 5.74) is 2.98. The summed E-state index contributed by atoms with van der Waals surface area (Å²) in [6.07, 6.45) is 1.79. The van der Waals surface area contributed by atoms with Gasteiger partial charge in [0.25, 0.3) is 0 Å². The Morgan fingerprint density at radius 3 is 2.14 bits per heavy atom. The van der Waals surface area contributed by atoms with Crippen LogP contribution in [-0.4, -0.2) is 4.98 Å². The molecule has 0 fully saturated rings. The van der Waals surface area contributed by atoms with Crippen LogP contribution in [0.25, 0.3) is 11.1 Å². The number of hydrogen-bond acceptors (Lipinski definition) is 1. The molecule has 2 aromatic rings. The topological polar surface area (TPSA) is 12.9 Å². The molecule has 0 bridgehead atoms. The van der Waals surface area contributed by atoms with E-state index in [-0.39, 0.29) is 5.82 Å². The van der Waals surface area contributed by atoms with Crippen LogP contribution in [0.5, 0.6) is 0 Å². The average molecular weight is 187 g/mol. The van der Waals surface area contributed by atoms with Crippen molar-refractivity contribution in [3.05, 3.63) is 54.1 Å². The van der Waals surface area contributed by atoms with E-state index in [1.165, 1.54) is 12.1 Å². The molecule has 0 amide bonds. The number of pyridine rings is 1. The number of aromatic nitrogens is 1. The molecular weight excluding hydrogens is 177 g/mol. The van der Waals surface area contributed by atoms with Gasteiger partial charge in [-0.05, 0) is 30.7 Å². The van der Waals surface area contributed by atoms with Crippen LogP contribution < -0.4 is 0 Å². The second-order valence-corrected chi connectivity index (χ2v) is 3.20. The minimum atomic E-state index is -0.214. The van der Waals surface area contributed by atoms with Crippen molar-refractivity contribution in [2.75, 3.05) is 0 Å². The van der Waals surface area contributed by atoms with Crippen molar-refractivity contribution < 1.29 is 4.39 Å². The molecule has 0 aliphatic rings. The monoisotopic (exact) mass is 187 g/mol. The Kier molecular flexibility index (Phi) is 2.27. The Labute approximate surface area is 82.2 Å². The van der Waals surface area contributed by atoms with Gasteiger partial charge in [-0.25, -0.2) is 4.39 Å². The number of hydrogen-bond donors (Lipinski definition) is 0. The second kappa shape index (κ2) is 3.58. The summed E-state index contributed by atoms with van der Waals surface area (Å²) in [6, 6.07) is 10.3. The molecule has 0 N–H and O–H groups in total. The van der Waals surface area contributed by atoms with Gasteiger partial charge < -0.3 is 0 Å². The zero-order valence-corrected chi connectivity index (χ0v) is 7.87. The minimum Gasteiger partial charge on any atom is -0.261 e. The van der Waals surface area contributed by atoms with E-state index in [1.807, 2.05) is 19.1 Å². The van der Waals surface area contributed by atoms with Crippen LogP contribution in [0.15, 0.2) is 42.6 Å². The van der Waals surface area contributed by atoms with Crippen LogP contribution in [0, 0.1) is 12.7 Å². The first kappa shape index (κ1) is 8.88. The van der Waals surface area contributed by atoms with E-state index in [0.29, 0.717) is 0 Å².